The van der Waals surface area contributed by atoms with Crippen LogP contribution in [0, 0.1) is 6.92 Å². The van der Waals surface area contributed by atoms with Crippen LogP contribution in [-0.4, -0.2) is 49.1 Å². The van der Waals surface area contributed by atoms with Crippen LogP contribution in [0.2, 0.25) is 0 Å². The number of anilines is 1. The molecular weight excluding hydrogens is 290 g/mol. The largest absolute Gasteiger partial charge is 0.497 e. The maximum atomic E-state index is 12.6. The van der Waals surface area contributed by atoms with Crippen molar-refractivity contribution in [3.8, 4) is 5.75 Å². The van der Waals surface area contributed by atoms with Gasteiger partial charge >= 0.3 is 0 Å². The summed E-state index contributed by atoms with van der Waals surface area (Å²) in [6.45, 7) is 4.98. The first-order valence-electron chi connectivity index (χ1n) is 7.79. The summed E-state index contributed by atoms with van der Waals surface area (Å²) in [4.78, 5) is 21.0. The smallest absolute Gasteiger partial charge is 0.255 e. The third kappa shape index (κ3) is 3.28. The molecule has 1 aliphatic heterocycles. The number of carbonyl (C=O) groups excluding carboxylic acids is 1. The second kappa shape index (κ2) is 6.69. The highest BCUT2D eigenvalue weighted by atomic mass is 16.5. The fraction of sp³-hybridized carbons (Fsp3) is 0.333. The van der Waals surface area contributed by atoms with Crippen LogP contribution < -0.4 is 9.64 Å². The van der Waals surface area contributed by atoms with E-state index in [1.165, 1.54) is 0 Å². The van der Waals surface area contributed by atoms with Gasteiger partial charge in [-0.1, -0.05) is 0 Å². The number of amides is 1. The van der Waals surface area contributed by atoms with Gasteiger partial charge in [0.05, 0.1) is 12.7 Å². The Labute approximate surface area is 136 Å². The second-order valence-electron chi connectivity index (χ2n) is 5.61. The maximum Gasteiger partial charge on any atom is 0.255 e. The van der Waals surface area contributed by atoms with Crippen molar-refractivity contribution in [3.63, 3.8) is 0 Å². The number of pyridine rings is 1. The third-order valence-electron chi connectivity index (χ3n) is 4.24. The first-order valence-corrected chi connectivity index (χ1v) is 7.79. The van der Waals surface area contributed by atoms with Crippen molar-refractivity contribution in [2.24, 2.45) is 0 Å². The van der Waals surface area contributed by atoms with Gasteiger partial charge in [0, 0.05) is 43.8 Å². The van der Waals surface area contributed by atoms with Crippen LogP contribution in [0.1, 0.15) is 16.1 Å². The SMILES string of the molecule is COc1ccc(N2CCN(C(=O)c3cccnc3C)CC2)cc1. The lowest BCUT2D eigenvalue weighted by Gasteiger charge is -2.36. The van der Waals surface area contributed by atoms with E-state index in [0.717, 1.165) is 43.3 Å². The molecule has 0 N–H and O–H groups in total. The number of aromatic nitrogens is 1. The number of rotatable bonds is 3. The lowest BCUT2D eigenvalue weighted by molar-refractivity contribution is 0.0745. The van der Waals surface area contributed by atoms with E-state index < -0.39 is 0 Å². The first-order chi connectivity index (χ1) is 11.2. The maximum absolute atomic E-state index is 12.6. The highest BCUT2D eigenvalue weighted by Gasteiger charge is 2.23. The summed E-state index contributed by atoms with van der Waals surface area (Å²) in [6.07, 6.45) is 1.72. The molecule has 0 atom stereocenters. The van der Waals surface area contributed by atoms with E-state index in [9.17, 15) is 4.79 Å². The van der Waals surface area contributed by atoms with Crippen molar-refractivity contribution < 1.29 is 9.53 Å². The summed E-state index contributed by atoms with van der Waals surface area (Å²) in [6, 6.07) is 11.7. The summed E-state index contributed by atoms with van der Waals surface area (Å²) < 4.78 is 5.19. The molecule has 0 aliphatic carbocycles. The summed E-state index contributed by atoms with van der Waals surface area (Å²) in [7, 11) is 1.67. The van der Waals surface area contributed by atoms with Gasteiger partial charge in [0.25, 0.3) is 5.91 Å². The molecule has 0 radical (unpaired) electrons. The zero-order valence-corrected chi connectivity index (χ0v) is 13.5. The molecule has 120 valence electrons. The molecule has 2 aromatic rings. The van der Waals surface area contributed by atoms with Crippen LogP contribution in [0.25, 0.3) is 0 Å². The molecule has 1 fully saturated rings. The number of carbonyl (C=O) groups is 1. The second-order valence-corrected chi connectivity index (χ2v) is 5.61. The van der Waals surface area contributed by atoms with E-state index in [1.54, 1.807) is 13.3 Å². The van der Waals surface area contributed by atoms with Crippen LogP contribution in [0.15, 0.2) is 42.6 Å². The molecule has 1 aromatic heterocycles. The Balaban J connectivity index is 1.64. The van der Waals surface area contributed by atoms with Gasteiger partial charge < -0.3 is 14.5 Å². The predicted molar refractivity (Wildman–Crippen MR) is 90.1 cm³/mol. The van der Waals surface area contributed by atoms with E-state index in [-0.39, 0.29) is 5.91 Å². The number of nitrogens with zero attached hydrogens (tertiary/aromatic N) is 3. The molecule has 23 heavy (non-hydrogen) atoms. The van der Waals surface area contributed by atoms with Crippen molar-refractivity contribution in [3.05, 3.63) is 53.9 Å². The normalized spacial score (nSPS) is 14.7. The summed E-state index contributed by atoms with van der Waals surface area (Å²) in [5.74, 6) is 0.930. The molecule has 1 aromatic carbocycles. The summed E-state index contributed by atoms with van der Waals surface area (Å²) in [5, 5.41) is 0. The number of piperazine rings is 1. The fourth-order valence-electron chi connectivity index (χ4n) is 2.84. The summed E-state index contributed by atoms with van der Waals surface area (Å²) in [5.41, 5.74) is 2.65. The van der Waals surface area contributed by atoms with E-state index in [0.29, 0.717) is 5.56 Å². The molecule has 1 saturated heterocycles. The van der Waals surface area contributed by atoms with Crippen LogP contribution in [-0.2, 0) is 0 Å². The first kappa shape index (κ1) is 15.3. The van der Waals surface area contributed by atoms with E-state index >= 15 is 0 Å². The molecule has 0 bridgehead atoms. The Kier molecular flexibility index (Phi) is 4.46. The number of hydrogen-bond acceptors (Lipinski definition) is 4. The highest BCUT2D eigenvalue weighted by Crippen LogP contribution is 2.21. The van der Waals surface area contributed by atoms with E-state index in [4.69, 9.17) is 4.74 Å². The Bertz CT molecular complexity index is 677. The molecule has 1 amide bonds. The monoisotopic (exact) mass is 311 g/mol. The molecule has 3 rings (SSSR count). The van der Waals surface area contributed by atoms with Crippen molar-refractivity contribution in [1.29, 1.82) is 0 Å². The highest BCUT2D eigenvalue weighted by molar-refractivity contribution is 5.95. The Morgan fingerprint density at radius 3 is 2.39 bits per heavy atom. The van der Waals surface area contributed by atoms with Gasteiger partial charge in [-0.3, -0.25) is 9.78 Å². The lowest BCUT2D eigenvalue weighted by atomic mass is 10.1. The molecular formula is C18H21N3O2. The van der Waals surface area contributed by atoms with Crippen LogP contribution in [0.5, 0.6) is 5.75 Å². The van der Waals surface area contributed by atoms with E-state index in [1.807, 2.05) is 36.1 Å². The number of ether oxygens (including phenoxy) is 1. The van der Waals surface area contributed by atoms with Crippen molar-refractivity contribution >= 4 is 11.6 Å². The quantitative estimate of drug-likeness (QED) is 0.873. The Morgan fingerprint density at radius 2 is 1.78 bits per heavy atom. The number of benzene rings is 1. The fourth-order valence-corrected chi connectivity index (χ4v) is 2.84. The number of methoxy groups -OCH3 is 1. The van der Waals surface area contributed by atoms with Gasteiger partial charge in [0.1, 0.15) is 5.75 Å². The van der Waals surface area contributed by atoms with Crippen molar-refractivity contribution in [2.45, 2.75) is 6.92 Å². The van der Waals surface area contributed by atoms with Crippen LogP contribution >= 0.6 is 0 Å². The standard InChI is InChI=1S/C18H21N3O2/c1-14-17(4-3-9-19-14)18(22)21-12-10-20(11-13-21)15-5-7-16(23-2)8-6-15/h3-9H,10-13H2,1-2H3. The number of aryl methyl sites for hydroxylation is 1. The van der Waals surface area contributed by atoms with Crippen molar-refractivity contribution in [1.82, 2.24) is 9.88 Å². The Hall–Kier alpha value is -2.56. The minimum Gasteiger partial charge on any atom is -0.497 e. The lowest BCUT2D eigenvalue weighted by Crippen LogP contribution is -2.49. The zero-order valence-electron chi connectivity index (χ0n) is 13.5. The van der Waals surface area contributed by atoms with Gasteiger partial charge in [-0.2, -0.15) is 0 Å². The molecule has 5 nitrogen and oxygen atoms in total. The number of hydrogen-bond donors (Lipinski definition) is 0. The van der Waals surface area contributed by atoms with Gasteiger partial charge in [0.2, 0.25) is 0 Å². The summed E-state index contributed by atoms with van der Waals surface area (Å²) >= 11 is 0. The minimum absolute atomic E-state index is 0.0741. The Morgan fingerprint density at radius 1 is 1.09 bits per heavy atom. The average Bonchev–Trinajstić information content (AvgIpc) is 2.62. The molecule has 0 saturated carbocycles. The minimum atomic E-state index is 0.0741. The molecule has 5 heteroatoms. The third-order valence-corrected chi connectivity index (χ3v) is 4.24. The molecule has 0 unspecified atom stereocenters. The van der Waals surface area contributed by atoms with E-state index in [2.05, 4.69) is 22.0 Å². The zero-order chi connectivity index (χ0) is 16.2. The van der Waals surface area contributed by atoms with Crippen LogP contribution in [0.3, 0.4) is 0 Å². The van der Waals surface area contributed by atoms with Gasteiger partial charge in [-0.05, 0) is 43.3 Å². The molecule has 1 aliphatic rings. The van der Waals surface area contributed by atoms with Crippen LogP contribution in [0.4, 0.5) is 5.69 Å². The molecule has 2 heterocycles. The van der Waals surface area contributed by atoms with Gasteiger partial charge in [-0.15, -0.1) is 0 Å². The predicted octanol–water partition coefficient (Wildman–Crippen LogP) is 2.36. The topological polar surface area (TPSA) is 45.7 Å². The average molecular weight is 311 g/mol. The van der Waals surface area contributed by atoms with Gasteiger partial charge in [0.15, 0.2) is 0 Å². The molecule has 0 spiro atoms. The van der Waals surface area contributed by atoms with Gasteiger partial charge in [-0.25, -0.2) is 0 Å². The van der Waals surface area contributed by atoms with Crippen molar-refractivity contribution in [2.75, 3.05) is 38.2 Å².